The molecular weight excluding hydrogens is 330 g/mol. The molecule has 0 bridgehead atoms. The molecule has 0 unspecified atom stereocenters. The molecule has 1 aliphatic rings. The first-order valence-electron chi connectivity index (χ1n) is 8.56. The van der Waals surface area contributed by atoms with Gasteiger partial charge in [0.05, 0.1) is 11.1 Å². The second-order valence-corrected chi connectivity index (χ2v) is 6.44. The van der Waals surface area contributed by atoms with Gasteiger partial charge in [0.15, 0.2) is 0 Å². The van der Waals surface area contributed by atoms with E-state index in [0.29, 0.717) is 31.7 Å². The van der Waals surface area contributed by atoms with Gasteiger partial charge in [-0.15, -0.1) is 0 Å². The smallest absolute Gasteiger partial charge is 0.255 e. The zero-order valence-corrected chi connectivity index (χ0v) is 14.5. The second kappa shape index (κ2) is 6.59. The minimum Gasteiger partial charge on any atom is -0.352 e. The maximum atomic E-state index is 12.6. The zero-order valence-electron chi connectivity index (χ0n) is 14.5. The SMILES string of the molecule is Cc1ccc2ncnc(N3CCN(C(=O)c4ccc(=O)[nH]c4)CC3)c2c1. The van der Waals surface area contributed by atoms with Crippen molar-refractivity contribution >= 4 is 22.6 Å². The predicted octanol–water partition coefficient (Wildman–Crippen LogP) is 1.59. The molecule has 7 heteroatoms. The van der Waals surface area contributed by atoms with Gasteiger partial charge in [-0.3, -0.25) is 9.59 Å². The van der Waals surface area contributed by atoms with Crippen LogP contribution in [0.2, 0.25) is 0 Å². The van der Waals surface area contributed by atoms with Gasteiger partial charge in [0.25, 0.3) is 5.91 Å². The third-order valence-corrected chi connectivity index (χ3v) is 4.67. The van der Waals surface area contributed by atoms with Gasteiger partial charge >= 0.3 is 0 Å². The Labute approximate surface area is 150 Å². The molecule has 7 nitrogen and oxygen atoms in total. The van der Waals surface area contributed by atoms with Gasteiger partial charge in [-0.1, -0.05) is 11.6 Å². The molecule has 0 spiro atoms. The average molecular weight is 349 g/mol. The largest absolute Gasteiger partial charge is 0.352 e. The number of nitrogens with zero attached hydrogens (tertiary/aromatic N) is 4. The number of nitrogens with one attached hydrogen (secondary N) is 1. The minimum atomic E-state index is -0.211. The summed E-state index contributed by atoms with van der Waals surface area (Å²) in [5.41, 5.74) is 2.38. The Morgan fingerprint density at radius 3 is 2.62 bits per heavy atom. The highest BCUT2D eigenvalue weighted by molar-refractivity contribution is 5.94. The number of H-pyrrole nitrogens is 1. The van der Waals surface area contributed by atoms with Crippen molar-refractivity contribution in [2.75, 3.05) is 31.1 Å². The number of piperazine rings is 1. The summed E-state index contributed by atoms with van der Waals surface area (Å²) in [6.07, 6.45) is 3.06. The molecule has 1 saturated heterocycles. The maximum Gasteiger partial charge on any atom is 0.255 e. The normalized spacial score (nSPS) is 14.7. The van der Waals surface area contributed by atoms with Crippen LogP contribution in [0.4, 0.5) is 5.82 Å². The van der Waals surface area contributed by atoms with Gasteiger partial charge in [-0.05, 0) is 25.1 Å². The third kappa shape index (κ3) is 3.03. The van der Waals surface area contributed by atoms with Crippen molar-refractivity contribution < 1.29 is 4.79 Å². The van der Waals surface area contributed by atoms with Crippen LogP contribution in [0.25, 0.3) is 10.9 Å². The van der Waals surface area contributed by atoms with Crippen LogP contribution >= 0.6 is 0 Å². The van der Waals surface area contributed by atoms with E-state index in [-0.39, 0.29) is 11.5 Å². The van der Waals surface area contributed by atoms with E-state index in [1.807, 2.05) is 12.1 Å². The Balaban J connectivity index is 1.52. The van der Waals surface area contributed by atoms with E-state index in [4.69, 9.17) is 0 Å². The maximum absolute atomic E-state index is 12.6. The number of benzene rings is 1. The lowest BCUT2D eigenvalue weighted by Gasteiger charge is -2.35. The summed E-state index contributed by atoms with van der Waals surface area (Å²) in [4.78, 5) is 39.1. The molecule has 3 aromatic rings. The van der Waals surface area contributed by atoms with Crippen LogP contribution in [-0.4, -0.2) is 51.9 Å². The number of rotatable bonds is 2. The molecule has 1 aliphatic heterocycles. The van der Waals surface area contributed by atoms with E-state index in [1.165, 1.54) is 17.8 Å². The predicted molar refractivity (Wildman–Crippen MR) is 99.5 cm³/mol. The molecule has 1 fully saturated rings. The van der Waals surface area contributed by atoms with Gasteiger partial charge < -0.3 is 14.8 Å². The van der Waals surface area contributed by atoms with Gasteiger partial charge in [0.2, 0.25) is 5.56 Å². The first-order valence-corrected chi connectivity index (χ1v) is 8.56. The molecular formula is C19H19N5O2. The van der Waals surface area contributed by atoms with Gasteiger partial charge in [-0.25, -0.2) is 9.97 Å². The summed E-state index contributed by atoms with van der Waals surface area (Å²) < 4.78 is 0. The van der Waals surface area contributed by atoms with Crippen molar-refractivity contribution in [3.05, 3.63) is 64.3 Å². The highest BCUT2D eigenvalue weighted by atomic mass is 16.2. The van der Waals surface area contributed by atoms with E-state index in [1.54, 1.807) is 17.3 Å². The molecule has 3 heterocycles. The fourth-order valence-corrected chi connectivity index (χ4v) is 3.26. The van der Waals surface area contributed by atoms with Crippen molar-refractivity contribution in [1.29, 1.82) is 0 Å². The van der Waals surface area contributed by atoms with Crippen molar-refractivity contribution in [2.45, 2.75) is 6.92 Å². The fourth-order valence-electron chi connectivity index (χ4n) is 3.26. The lowest BCUT2D eigenvalue weighted by atomic mass is 10.1. The molecule has 0 saturated carbocycles. The number of pyridine rings is 1. The number of carbonyl (C=O) groups is 1. The molecule has 132 valence electrons. The van der Waals surface area contributed by atoms with Crippen molar-refractivity contribution in [3.8, 4) is 0 Å². The molecule has 0 aliphatic carbocycles. The highest BCUT2D eigenvalue weighted by Crippen LogP contribution is 2.25. The average Bonchev–Trinajstić information content (AvgIpc) is 2.68. The molecule has 1 aromatic carbocycles. The first-order chi connectivity index (χ1) is 12.6. The summed E-state index contributed by atoms with van der Waals surface area (Å²) >= 11 is 0. The summed E-state index contributed by atoms with van der Waals surface area (Å²) in [6.45, 7) is 4.67. The Kier molecular flexibility index (Phi) is 4.12. The van der Waals surface area contributed by atoms with E-state index >= 15 is 0 Å². The third-order valence-electron chi connectivity index (χ3n) is 4.67. The van der Waals surface area contributed by atoms with Gasteiger partial charge in [0.1, 0.15) is 12.1 Å². The molecule has 0 radical (unpaired) electrons. The first kappa shape index (κ1) is 16.3. The van der Waals surface area contributed by atoms with Crippen LogP contribution in [0.3, 0.4) is 0 Å². The van der Waals surface area contributed by atoms with E-state index < -0.39 is 0 Å². The lowest BCUT2D eigenvalue weighted by Crippen LogP contribution is -2.49. The molecule has 1 amide bonds. The van der Waals surface area contributed by atoms with Crippen LogP contribution in [0.1, 0.15) is 15.9 Å². The fraction of sp³-hybridized carbons (Fsp3) is 0.263. The Morgan fingerprint density at radius 1 is 1.08 bits per heavy atom. The number of aromatic amines is 1. The van der Waals surface area contributed by atoms with Crippen LogP contribution in [0.15, 0.2) is 47.7 Å². The summed E-state index contributed by atoms with van der Waals surface area (Å²) in [5, 5.41) is 1.04. The van der Waals surface area contributed by atoms with Crippen molar-refractivity contribution in [2.24, 2.45) is 0 Å². The number of hydrogen-bond acceptors (Lipinski definition) is 5. The van der Waals surface area contributed by atoms with Crippen LogP contribution < -0.4 is 10.5 Å². The van der Waals surface area contributed by atoms with Crippen molar-refractivity contribution in [1.82, 2.24) is 19.9 Å². The van der Waals surface area contributed by atoms with E-state index in [9.17, 15) is 9.59 Å². The molecule has 26 heavy (non-hydrogen) atoms. The second-order valence-electron chi connectivity index (χ2n) is 6.44. The van der Waals surface area contributed by atoms with E-state index in [2.05, 4.69) is 32.8 Å². The molecule has 4 rings (SSSR count). The summed E-state index contributed by atoms with van der Waals surface area (Å²) in [7, 11) is 0. The molecule has 1 N–H and O–H groups in total. The number of aromatic nitrogens is 3. The number of carbonyl (C=O) groups excluding carboxylic acids is 1. The zero-order chi connectivity index (χ0) is 18.1. The lowest BCUT2D eigenvalue weighted by molar-refractivity contribution is 0.0746. The van der Waals surface area contributed by atoms with Crippen LogP contribution in [0, 0.1) is 6.92 Å². The Morgan fingerprint density at radius 2 is 1.88 bits per heavy atom. The number of amides is 1. The summed E-state index contributed by atoms with van der Waals surface area (Å²) in [6, 6.07) is 9.08. The van der Waals surface area contributed by atoms with Gasteiger partial charge in [0, 0.05) is 43.8 Å². The number of aryl methyl sites for hydroxylation is 1. The highest BCUT2D eigenvalue weighted by Gasteiger charge is 2.24. The quantitative estimate of drug-likeness (QED) is 0.760. The summed E-state index contributed by atoms with van der Waals surface area (Å²) in [5.74, 6) is 0.846. The Hall–Kier alpha value is -3.22. The van der Waals surface area contributed by atoms with Crippen molar-refractivity contribution in [3.63, 3.8) is 0 Å². The van der Waals surface area contributed by atoms with Gasteiger partial charge in [-0.2, -0.15) is 0 Å². The topological polar surface area (TPSA) is 82.2 Å². The van der Waals surface area contributed by atoms with E-state index in [0.717, 1.165) is 16.7 Å². The van der Waals surface area contributed by atoms with Crippen LogP contribution in [-0.2, 0) is 0 Å². The number of hydrogen-bond donors (Lipinski definition) is 1. The van der Waals surface area contributed by atoms with Crippen LogP contribution in [0.5, 0.6) is 0 Å². The monoisotopic (exact) mass is 349 g/mol. The minimum absolute atomic E-state index is 0.0655. The number of fused-ring (bicyclic) bond motifs is 1. The Bertz CT molecular complexity index is 1000. The standard InChI is InChI=1S/C19H19N5O2/c1-13-2-4-16-15(10-13)18(22-12-21-16)23-6-8-24(9-7-23)19(26)14-3-5-17(25)20-11-14/h2-5,10-12H,6-9H2,1H3,(H,20,25). The molecule has 2 aromatic heterocycles. The molecule has 0 atom stereocenters. The number of anilines is 1.